The number of nitrogens with one attached hydrogen (secondary N) is 1. The van der Waals surface area contributed by atoms with Crippen molar-refractivity contribution in [1.29, 1.82) is 0 Å². The van der Waals surface area contributed by atoms with E-state index in [1.54, 1.807) is 0 Å². The van der Waals surface area contributed by atoms with E-state index in [-0.39, 0.29) is 0 Å². The second kappa shape index (κ2) is 3.44. The van der Waals surface area contributed by atoms with E-state index in [0.717, 1.165) is 18.5 Å². The second-order valence-corrected chi connectivity index (χ2v) is 5.34. The van der Waals surface area contributed by atoms with Gasteiger partial charge in [0.25, 0.3) is 0 Å². The van der Waals surface area contributed by atoms with Crippen LogP contribution in [0.5, 0.6) is 0 Å². The first kappa shape index (κ1) is 9.81. The Balaban J connectivity index is 2.01. The van der Waals surface area contributed by atoms with Crippen LogP contribution in [0.15, 0.2) is 0 Å². The smallest absolute Gasteiger partial charge is 0.0275 e. The molecule has 1 N–H and O–H groups in total. The first-order chi connectivity index (χ1) is 6.23. The highest BCUT2D eigenvalue weighted by atomic mass is 32.2. The Kier molecular flexibility index (Phi) is 2.60. The summed E-state index contributed by atoms with van der Waals surface area (Å²) < 4.78 is 2.51. The number of likely N-dealkylation sites (N-methyl/N-ethyl adjacent to an activating group) is 1. The van der Waals surface area contributed by atoms with Crippen LogP contribution in [0.3, 0.4) is 0 Å². The molecule has 0 aromatic rings. The SMILES string of the molecule is CCNC1CN(SC)CC12CC2C. The summed E-state index contributed by atoms with van der Waals surface area (Å²) in [5.41, 5.74) is 0.638. The van der Waals surface area contributed by atoms with E-state index in [0.29, 0.717) is 5.41 Å². The van der Waals surface area contributed by atoms with Gasteiger partial charge in [-0.25, -0.2) is 4.31 Å². The molecular weight excluding hydrogens is 180 g/mol. The molecule has 2 fully saturated rings. The highest BCUT2D eigenvalue weighted by Gasteiger charge is 2.60. The van der Waals surface area contributed by atoms with Crippen molar-refractivity contribution in [2.45, 2.75) is 26.3 Å². The molecule has 1 heterocycles. The minimum absolute atomic E-state index is 0.638. The zero-order chi connectivity index (χ0) is 9.47. The van der Waals surface area contributed by atoms with Crippen molar-refractivity contribution in [1.82, 2.24) is 9.62 Å². The van der Waals surface area contributed by atoms with Crippen LogP contribution in [0, 0.1) is 11.3 Å². The van der Waals surface area contributed by atoms with E-state index in [1.165, 1.54) is 19.5 Å². The Bertz CT molecular complexity index is 197. The predicted octanol–water partition coefficient (Wildman–Crippen LogP) is 1.58. The van der Waals surface area contributed by atoms with E-state index in [4.69, 9.17) is 0 Å². The summed E-state index contributed by atoms with van der Waals surface area (Å²) in [4.78, 5) is 0. The zero-order valence-electron chi connectivity index (χ0n) is 8.84. The summed E-state index contributed by atoms with van der Waals surface area (Å²) in [7, 11) is 0. The molecule has 3 heteroatoms. The van der Waals surface area contributed by atoms with E-state index in [2.05, 4.69) is 29.7 Å². The average Bonchev–Trinajstić information content (AvgIpc) is 2.59. The van der Waals surface area contributed by atoms with Gasteiger partial charge in [-0.15, -0.1) is 0 Å². The number of nitrogens with zero attached hydrogens (tertiary/aromatic N) is 1. The Morgan fingerprint density at radius 2 is 2.31 bits per heavy atom. The van der Waals surface area contributed by atoms with Gasteiger partial charge >= 0.3 is 0 Å². The van der Waals surface area contributed by atoms with Gasteiger partial charge in [0, 0.05) is 24.5 Å². The van der Waals surface area contributed by atoms with Gasteiger partial charge < -0.3 is 5.32 Å². The van der Waals surface area contributed by atoms with E-state index >= 15 is 0 Å². The van der Waals surface area contributed by atoms with E-state index < -0.39 is 0 Å². The lowest BCUT2D eigenvalue weighted by Gasteiger charge is -2.18. The predicted molar refractivity (Wildman–Crippen MR) is 58.8 cm³/mol. The quantitative estimate of drug-likeness (QED) is 0.696. The molecule has 1 aliphatic heterocycles. The van der Waals surface area contributed by atoms with Gasteiger partial charge in [0.1, 0.15) is 0 Å². The average molecular weight is 200 g/mol. The largest absolute Gasteiger partial charge is 0.312 e. The minimum Gasteiger partial charge on any atom is -0.312 e. The molecule has 0 aromatic carbocycles. The fourth-order valence-corrected chi connectivity index (χ4v) is 3.43. The van der Waals surface area contributed by atoms with Crippen LogP contribution in [-0.4, -0.2) is 36.2 Å². The lowest BCUT2D eigenvalue weighted by Crippen LogP contribution is -2.37. The van der Waals surface area contributed by atoms with Crippen molar-refractivity contribution in [2.24, 2.45) is 11.3 Å². The number of rotatable bonds is 3. The van der Waals surface area contributed by atoms with Gasteiger partial charge in [-0.05, 0) is 25.1 Å². The molecule has 0 amide bonds. The highest BCUT2D eigenvalue weighted by Crippen LogP contribution is 2.58. The minimum atomic E-state index is 0.638. The summed E-state index contributed by atoms with van der Waals surface area (Å²) in [6.07, 6.45) is 3.62. The number of hydrogen-bond donors (Lipinski definition) is 1. The third-order valence-corrected chi connectivity index (χ3v) is 4.56. The van der Waals surface area contributed by atoms with Crippen LogP contribution >= 0.6 is 11.9 Å². The molecule has 3 unspecified atom stereocenters. The molecular formula is C10H20N2S. The van der Waals surface area contributed by atoms with E-state index in [1.807, 2.05) is 11.9 Å². The summed E-state index contributed by atoms with van der Waals surface area (Å²) in [5.74, 6) is 0.939. The monoisotopic (exact) mass is 200 g/mol. The van der Waals surface area contributed by atoms with E-state index in [9.17, 15) is 0 Å². The molecule has 0 aromatic heterocycles. The van der Waals surface area contributed by atoms with Gasteiger partial charge in [0.05, 0.1) is 0 Å². The molecule has 2 nitrogen and oxygen atoms in total. The summed E-state index contributed by atoms with van der Waals surface area (Å²) in [6, 6.07) is 0.750. The molecule has 1 aliphatic carbocycles. The third kappa shape index (κ3) is 1.51. The molecule has 76 valence electrons. The maximum absolute atomic E-state index is 3.64. The number of hydrogen-bond acceptors (Lipinski definition) is 3. The molecule has 1 saturated heterocycles. The zero-order valence-corrected chi connectivity index (χ0v) is 9.66. The Labute approximate surface area is 85.6 Å². The van der Waals surface area contributed by atoms with Crippen molar-refractivity contribution in [3.63, 3.8) is 0 Å². The first-order valence-corrected chi connectivity index (χ1v) is 6.43. The van der Waals surface area contributed by atoms with Crippen LogP contribution in [0.25, 0.3) is 0 Å². The maximum atomic E-state index is 3.64. The fraction of sp³-hybridized carbons (Fsp3) is 1.00. The fourth-order valence-electron chi connectivity index (χ4n) is 2.76. The van der Waals surface area contributed by atoms with Crippen LogP contribution < -0.4 is 5.32 Å². The van der Waals surface area contributed by atoms with Crippen LogP contribution in [0.4, 0.5) is 0 Å². The van der Waals surface area contributed by atoms with Gasteiger partial charge in [-0.1, -0.05) is 25.8 Å². The standard InChI is InChI=1S/C10H20N2S/c1-4-11-9-6-12(13-3)7-10(9)5-8(10)2/h8-9,11H,4-7H2,1-3H3. The van der Waals surface area contributed by atoms with Crippen molar-refractivity contribution < 1.29 is 0 Å². The van der Waals surface area contributed by atoms with Crippen molar-refractivity contribution in [3.8, 4) is 0 Å². The molecule has 0 radical (unpaired) electrons. The molecule has 2 rings (SSSR count). The molecule has 0 bridgehead atoms. The lowest BCUT2D eigenvalue weighted by molar-refractivity contribution is 0.389. The maximum Gasteiger partial charge on any atom is 0.0275 e. The van der Waals surface area contributed by atoms with Crippen molar-refractivity contribution >= 4 is 11.9 Å². The second-order valence-electron chi connectivity index (χ2n) is 4.45. The summed E-state index contributed by atoms with van der Waals surface area (Å²) >= 11 is 1.90. The van der Waals surface area contributed by atoms with Gasteiger partial charge in [-0.3, -0.25) is 0 Å². The molecule has 13 heavy (non-hydrogen) atoms. The van der Waals surface area contributed by atoms with Gasteiger partial charge in [-0.2, -0.15) is 0 Å². The molecule has 3 atom stereocenters. The Hall–Kier alpha value is 0.270. The van der Waals surface area contributed by atoms with Crippen molar-refractivity contribution in [2.75, 3.05) is 25.9 Å². The summed E-state index contributed by atoms with van der Waals surface area (Å²) in [5, 5.41) is 3.64. The van der Waals surface area contributed by atoms with Crippen LogP contribution in [0.1, 0.15) is 20.3 Å². The summed E-state index contributed by atoms with van der Waals surface area (Å²) in [6.45, 7) is 8.25. The van der Waals surface area contributed by atoms with Crippen molar-refractivity contribution in [3.05, 3.63) is 0 Å². The third-order valence-electron chi connectivity index (χ3n) is 3.77. The molecule has 1 saturated carbocycles. The topological polar surface area (TPSA) is 15.3 Å². The lowest BCUT2D eigenvalue weighted by atomic mass is 9.98. The molecule has 1 spiro atoms. The Morgan fingerprint density at radius 3 is 2.77 bits per heavy atom. The van der Waals surface area contributed by atoms with Crippen LogP contribution in [-0.2, 0) is 0 Å². The Morgan fingerprint density at radius 1 is 1.62 bits per heavy atom. The highest BCUT2D eigenvalue weighted by molar-refractivity contribution is 7.96. The van der Waals surface area contributed by atoms with Gasteiger partial charge in [0.2, 0.25) is 0 Å². The van der Waals surface area contributed by atoms with Crippen LogP contribution in [0.2, 0.25) is 0 Å². The first-order valence-electron chi connectivity index (χ1n) is 5.25. The van der Waals surface area contributed by atoms with Gasteiger partial charge in [0.15, 0.2) is 0 Å². The molecule has 2 aliphatic rings. The normalized spacial score (nSPS) is 44.5.